The Morgan fingerprint density at radius 2 is 1.65 bits per heavy atom. The molecule has 24 nitrogen and oxygen atoms in total. The highest BCUT2D eigenvalue weighted by Crippen LogP contribution is 2.53. The van der Waals surface area contributed by atoms with E-state index in [1.807, 2.05) is 0 Å². The third-order valence-corrected chi connectivity index (χ3v) is 14.6. The van der Waals surface area contributed by atoms with Gasteiger partial charge >= 0.3 is 24.1 Å². The Balaban J connectivity index is 0.931. The number of aliphatic hydroxyl groups is 3. The topological polar surface area (TPSA) is 366 Å². The number of carbonyl (C=O) groups is 7. The zero-order valence-electron chi connectivity index (χ0n) is 40.9. The summed E-state index contributed by atoms with van der Waals surface area (Å²) in [5, 5.41) is 91.8. The first-order valence-corrected chi connectivity index (χ1v) is 24.6. The van der Waals surface area contributed by atoms with E-state index in [-0.39, 0.29) is 69.3 Å². The predicted octanol–water partition coefficient (Wildman–Crippen LogP) is 3.06. The van der Waals surface area contributed by atoms with Crippen LogP contribution in [0.25, 0.3) is 0 Å². The standard InChI is InChI=1S/C49H59N3O21S/c1-21-38(56)26(13-33(71-21)72-29-16-49(67,31(54)18-53)15-25-35(29)42(60)37-36(40(25)58)39(57)24-7-6-8-28(68-5)34(24)41(37)59)50-46(65)70-20-69-45(64)23-11-9-22(10-12-23)17-52-32(55)14-30(43(52)61)74-19-27(44(62)63)51-47(66)73-48(2,3)4/h6-8,14,21-23,26-27,29,33,38,53,55-56,58,60-61,67H,9-13,15-20H2,1-5H3,(H,50,65)(H,51,66)(H,62,63)/t21-,22?,23?,26-,27-,29-,33-,38+,49-/m0/s1. The normalized spacial score (nSPS) is 24.8. The number of aliphatic hydroxyl groups excluding tert-OH is 2. The molecular weight excluding hydrogens is 999 g/mol. The number of esters is 1. The molecule has 3 aromatic rings. The molecule has 2 amide bonds. The molecule has 2 fully saturated rings. The summed E-state index contributed by atoms with van der Waals surface area (Å²) >= 11 is 0.909. The number of benzene rings is 2. The van der Waals surface area contributed by atoms with E-state index in [4.69, 9.17) is 28.4 Å². The fourth-order valence-corrected chi connectivity index (χ4v) is 10.7. The van der Waals surface area contributed by atoms with Crippen molar-refractivity contribution in [2.24, 2.45) is 11.8 Å². The van der Waals surface area contributed by atoms with E-state index in [2.05, 4.69) is 10.6 Å². The summed E-state index contributed by atoms with van der Waals surface area (Å²) in [6.07, 6.45) is -7.39. The van der Waals surface area contributed by atoms with Crippen molar-refractivity contribution in [3.63, 3.8) is 0 Å². The van der Waals surface area contributed by atoms with Crippen LogP contribution in [0.15, 0.2) is 29.2 Å². The molecule has 0 spiro atoms. The number of methoxy groups -OCH3 is 1. The molecule has 1 aliphatic heterocycles. The molecule has 402 valence electrons. The monoisotopic (exact) mass is 1060 g/mol. The molecule has 1 aromatic heterocycles. The van der Waals surface area contributed by atoms with Gasteiger partial charge in [-0.05, 0) is 65.4 Å². The molecular formula is C49H59N3O21S. The molecule has 1 saturated heterocycles. The first-order valence-electron chi connectivity index (χ1n) is 23.6. The Kier molecular flexibility index (Phi) is 16.4. The smallest absolute Gasteiger partial charge is 0.410 e. The fourth-order valence-electron chi connectivity index (χ4n) is 9.73. The minimum atomic E-state index is -2.42. The van der Waals surface area contributed by atoms with Crippen molar-refractivity contribution in [2.75, 3.05) is 26.3 Å². The maximum Gasteiger partial charge on any atom is 0.410 e. The maximum atomic E-state index is 14.0. The number of aromatic hydroxyl groups is 4. The number of phenols is 2. The number of nitrogens with zero attached hydrogens (tertiary/aromatic N) is 1. The van der Waals surface area contributed by atoms with E-state index in [0.29, 0.717) is 25.7 Å². The molecule has 74 heavy (non-hydrogen) atoms. The van der Waals surface area contributed by atoms with Crippen molar-refractivity contribution in [3.05, 3.63) is 57.6 Å². The Morgan fingerprint density at radius 1 is 0.959 bits per heavy atom. The Labute approximate surface area is 426 Å². The van der Waals surface area contributed by atoms with Crippen LogP contribution in [0.3, 0.4) is 0 Å². The van der Waals surface area contributed by atoms with E-state index in [1.54, 1.807) is 20.8 Å². The summed E-state index contributed by atoms with van der Waals surface area (Å²) in [4.78, 5) is 91.0. The summed E-state index contributed by atoms with van der Waals surface area (Å²) in [6, 6.07) is 2.98. The van der Waals surface area contributed by atoms with Gasteiger partial charge in [-0.1, -0.05) is 12.1 Å². The Morgan fingerprint density at radius 3 is 2.30 bits per heavy atom. The SMILES string of the molecule is COc1cccc2c1C(=O)c1c(O)c3c(c(O)c1C2=O)C[C@@](O)(C(=O)CO)C[C@@H]3O[C@H]1C[C@H](NC(=O)OCOC(=O)C2CCC(Cn3c(O)cc(SC[C@H](NC(=O)OC(C)(C)C)C(=O)O)c3O)CC2)[C@H](O)[C@H](C)O1. The molecule has 0 bridgehead atoms. The lowest BCUT2D eigenvalue weighted by Gasteiger charge is -2.42. The largest absolute Gasteiger partial charge is 0.507 e. The summed E-state index contributed by atoms with van der Waals surface area (Å²) < 4.78 is 34.2. The van der Waals surface area contributed by atoms with Crippen LogP contribution >= 0.6 is 11.8 Å². The van der Waals surface area contributed by atoms with E-state index < -0.39 is 144 Å². The maximum absolute atomic E-state index is 14.0. The number of rotatable bonds is 16. The lowest BCUT2D eigenvalue weighted by Crippen LogP contribution is -2.56. The minimum absolute atomic E-state index is 0.0187. The highest BCUT2D eigenvalue weighted by atomic mass is 32.2. The first kappa shape index (κ1) is 55.1. The van der Waals surface area contributed by atoms with Crippen molar-refractivity contribution >= 4 is 53.2 Å². The van der Waals surface area contributed by atoms with Gasteiger partial charge in [-0.2, -0.15) is 0 Å². The van der Waals surface area contributed by atoms with Crippen LogP contribution in [-0.4, -0.2) is 155 Å². The van der Waals surface area contributed by atoms with Gasteiger partial charge in [0.05, 0.1) is 52.9 Å². The average Bonchev–Trinajstić information content (AvgIpc) is 3.60. The molecule has 10 N–H and O–H groups in total. The molecule has 1 saturated carbocycles. The quantitative estimate of drug-likeness (QED) is 0.0333. The van der Waals surface area contributed by atoms with Crippen molar-refractivity contribution in [1.29, 1.82) is 0 Å². The van der Waals surface area contributed by atoms with Gasteiger partial charge in [0.2, 0.25) is 18.5 Å². The van der Waals surface area contributed by atoms with Gasteiger partial charge in [0.15, 0.2) is 23.7 Å². The number of Topliss-reactive ketones (excluding diaryl/α,β-unsaturated/α-hetero) is 1. The summed E-state index contributed by atoms with van der Waals surface area (Å²) in [6.45, 7) is 4.56. The van der Waals surface area contributed by atoms with Gasteiger partial charge in [-0.15, -0.1) is 11.8 Å². The van der Waals surface area contributed by atoms with Gasteiger partial charge < -0.3 is 79.9 Å². The molecule has 3 aliphatic carbocycles. The molecule has 4 aliphatic rings. The number of phenolic OH excluding ortho intramolecular Hbond substituents is 2. The number of carboxylic acids is 1. The van der Waals surface area contributed by atoms with Crippen molar-refractivity contribution < 1.29 is 103 Å². The molecule has 0 radical (unpaired) electrons. The van der Waals surface area contributed by atoms with Gasteiger partial charge in [0.25, 0.3) is 0 Å². The van der Waals surface area contributed by atoms with Crippen LogP contribution in [0.4, 0.5) is 9.59 Å². The number of alkyl carbamates (subject to hydrolysis) is 2. The fraction of sp³-hybridized carbons (Fsp3) is 0.531. The number of hydrogen-bond donors (Lipinski definition) is 10. The Bertz CT molecular complexity index is 2710. The minimum Gasteiger partial charge on any atom is -0.507 e. The number of aliphatic carboxylic acids is 1. The van der Waals surface area contributed by atoms with Crippen LogP contribution in [0.1, 0.15) is 115 Å². The first-order chi connectivity index (χ1) is 34.9. The Hall–Kier alpha value is -6.64. The third kappa shape index (κ3) is 11.5. The average molecular weight is 1060 g/mol. The third-order valence-electron chi connectivity index (χ3n) is 13.5. The number of ether oxygens (including phenoxy) is 6. The van der Waals surface area contributed by atoms with Crippen molar-refractivity contribution in [3.8, 4) is 29.0 Å². The number of nitrogens with one attached hydrogen (secondary N) is 2. The zero-order valence-corrected chi connectivity index (χ0v) is 41.8. The number of carbonyl (C=O) groups excluding carboxylic acids is 6. The summed E-state index contributed by atoms with van der Waals surface area (Å²) in [5.74, 6) is -7.80. The van der Waals surface area contributed by atoms with Crippen LogP contribution in [0.2, 0.25) is 0 Å². The van der Waals surface area contributed by atoms with E-state index in [1.165, 1.54) is 42.9 Å². The zero-order chi connectivity index (χ0) is 54.1. The molecule has 2 aromatic carbocycles. The second kappa shape index (κ2) is 22.1. The highest BCUT2D eigenvalue weighted by Gasteiger charge is 2.50. The number of hydrogen-bond acceptors (Lipinski definition) is 21. The molecule has 25 heteroatoms. The lowest BCUT2D eigenvalue weighted by molar-refractivity contribution is -0.249. The molecule has 2 heterocycles. The van der Waals surface area contributed by atoms with Gasteiger partial charge in [-0.3, -0.25) is 23.7 Å². The number of amides is 2. The summed E-state index contributed by atoms with van der Waals surface area (Å²) in [7, 11) is 1.28. The summed E-state index contributed by atoms with van der Waals surface area (Å²) in [5.41, 5.74) is -5.32. The lowest BCUT2D eigenvalue weighted by atomic mass is 9.72. The molecule has 0 unspecified atom stereocenters. The second-order valence-corrected chi connectivity index (χ2v) is 20.7. The highest BCUT2D eigenvalue weighted by molar-refractivity contribution is 7.99. The van der Waals surface area contributed by atoms with Crippen LogP contribution < -0.4 is 15.4 Å². The number of thioether (sulfide) groups is 1. The number of aromatic nitrogens is 1. The van der Waals surface area contributed by atoms with Crippen molar-refractivity contribution in [1.82, 2.24) is 15.2 Å². The van der Waals surface area contributed by atoms with E-state index in [0.717, 1.165) is 11.8 Å². The molecule has 7 atom stereocenters. The van der Waals surface area contributed by atoms with Crippen LogP contribution in [0, 0.1) is 11.8 Å². The van der Waals surface area contributed by atoms with Gasteiger partial charge in [-0.25, -0.2) is 14.4 Å². The number of ketones is 3. The second-order valence-electron chi connectivity index (χ2n) is 19.6. The van der Waals surface area contributed by atoms with Crippen LogP contribution in [-0.2, 0) is 51.0 Å². The molecule has 7 rings (SSSR count). The van der Waals surface area contributed by atoms with Gasteiger partial charge in [0, 0.05) is 54.3 Å². The van der Waals surface area contributed by atoms with Crippen LogP contribution in [0.5, 0.6) is 29.0 Å². The van der Waals surface area contributed by atoms with Crippen molar-refractivity contribution in [2.45, 2.75) is 132 Å². The number of carboxylic acid groups (broad SMARTS) is 1. The van der Waals surface area contributed by atoms with Gasteiger partial charge in [0.1, 0.15) is 47.2 Å². The van der Waals surface area contributed by atoms with E-state index >= 15 is 0 Å². The van der Waals surface area contributed by atoms with E-state index in [9.17, 15) is 74.4 Å². The predicted molar refractivity (Wildman–Crippen MR) is 253 cm³/mol. The number of fused-ring (bicyclic) bond motifs is 3.